The second-order valence-corrected chi connectivity index (χ2v) is 7.02. The smallest absolute Gasteiger partial charge is 0.240 e. The lowest BCUT2D eigenvalue weighted by atomic mass is 10.2. The summed E-state index contributed by atoms with van der Waals surface area (Å²) in [4.78, 5) is 12.0. The molecule has 4 N–H and O–H groups in total. The van der Waals surface area contributed by atoms with Gasteiger partial charge in [0.25, 0.3) is 0 Å². The summed E-state index contributed by atoms with van der Waals surface area (Å²) in [5.41, 5.74) is 5.88. The van der Waals surface area contributed by atoms with E-state index in [2.05, 4.69) is 10.0 Å². The van der Waals surface area contributed by atoms with Gasteiger partial charge in [0.15, 0.2) is 0 Å². The van der Waals surface area contributed by atoms with Gasteiger partial charge in [-0.15, -0.1) is 0 Å². The summed E-state index contributed by atoms with van der Waals surface area (Å²) in [6.45, 7) is 3.92. The molecule has 1 aromatic rings. The Morgan fingerprint density at radius 3 is 2.65 bits per heavy atom. The number of anilines is 1. The minimum absolute atomic E-state index is 0.106. The monoisotopic (exact) mass is 343 g/mol. The van der Waals surface area contributed by atoms with Gasteiger partial charge in [-0.1, -0.05) is 13.0 Å². The maximum Gasteiger partial charge on any atom is 0.240 e. The van der Waals surface area contributed by atoms with Crippen molar-refractivity contribution >= 4 is 21.6 Å². The number of nitrogens with two attached hydrogens (primary N) is 1. The van der Waals surface area contributed by atoms with E-state index in [4.69, 9.17) is 10.5 Å². The zero-order valence-electron chi connectivity index (χ0n) is 13.7. The molecule has 0 heterocycles. The molecule has 8 heteroatoms. The Bertz CT molecular complexity index is 615. The molecule has 0 aliphatic carbocycles. The van der Waals surface area contributed by atoms with Crippen molar-refractivity contribution in [1.29, 1.82) is 0 Å². The highest BCUT2D eigenvalue weighted by Gasteiger charge is 2.17. The summed E-state index contributed by atoms with van der Waals surface area (Å²) in [5, 5.41) is 2.65. The molecule has 2 unspecified atom stereocenters. The lowest BCUT2D eigenvalue weighted by Crippen LogP contribution is -2.32. The molecule has 7 nitrogen and oxygen atoms in total. The van der Waals surface area contributed by atoms with E-state index in [0.29, 0.717) is 12.1 Å². The van der Waals surface area contributed by atoms with E-state index in [9.17, 15) is 13.2 Å². The summed E-state index contributed by atoms with van der Waals surface area (Å²) in [7, 11) is -2.12. The fraction of sp³-hybridized carbons (Fsp3) is 0.533. The Hall–Kier alpha value is -1.48. The molecule has 1 amide bonds. The van der Waals surface area contributed by atoms with Crippen LogP contribution in [0.1, 0.15) is 26.7 Å². The molecular formula is C15H25N3O4S. The van der Waals surface area contributed by atoms with Crippen LogP contribution in [0.3, 0.4) is 0 Å². The van der Waals surface area contributed by atoms with Crippen molar-refractivity contribution in [1.82, 2.24) is 4.72 Å². The van der Waals surface area contributed by atoms with Gasteiger partial charge < -0.3 is 15.8 Å². The average molecular weight is 343 g/mol. The Morgan fingerprint density at radius 2 is 2.09 bits per heavy atom. The highest BCUT2D eigenvalue weighted by Crippen LogP contribution is 2.16. The Morgan fingerprint density at radius 1 is 1.39 bits per heavy atom. The zero-order chi connectivity index (χ0) is 17.5. The molecule has 0 saturated carbocycles. The molecule has 130 valence electrons. The Kier molecular flexibility index (Phi) is 7.63. The molecule has 23 heavy (non-hydrogen) atoms. The third-order valence-electron chi connectivity index (χ3n) is 3.41. The highest BCUT2D eigenvalue weighted by molar-refractivity contribution is 7.89. The number of carbonyl (C=O) groups is 1. The van der Waals surface area contributed by atoms with Crippen LogP contribution in [-0.2, 0) is 19.6 Å². The first-order valence-corrected chi connectivity index (χ1v) is 8.95. The molecule has 0 fully saturated rings. The van der Waals surface area contributed by atoms with E-state index in [0.717, 1.165) is 0 Å². The number of nitrogens with one attached hydrogen (secondary N) is 2. The first-order valence-electron chi connectivity index (χ1n) is 7.47. The van der Waals surface area contributed by atoms with E-state index in [-0.39, 0.29) is 35.9 Å². The first-order chi connectivity index (χ1) is 10.8. The molecule has 1 rings (SSSR count). The number of sulfonamides is 1. The van der Waals surface area contributed by atoms with Crippen LogP contribution in [0.4, 0.5) is 5.69 Å². The van der Waals surface area contributed by atoms with Gasteiger partial charge in [0.1, 0.15) is 0 Å². The van der Waals surface area contributed by atoms with Crippen LogP contribution in [0.25, 0.3) is 0 Å². The minimum atomic E-state index is -3.61. The predicted molar refractivity (Wildman–Crippen MR) is 89.6 cm³/mol. The number of hydrogen-bond acceptors (Lipinski definition) is 5. The second-order valence-electron chi connectivity index (χ2n) is 5.30. The van der Waals surface area contributed by atoms with Crippen LogP contribution in [0.15, 0.2) is 29.2 Å². The molecule has 0 saturated heterocycles. The summed E-state index contributed by atoms with van der Waals surface area (Å²) < 4.78 is 32.1. The van der Waals surface area contributed by atoms with E-state index < -0.39 is 10.0 Å². The lowest BCUT2D eigenvalue weighted by molar-refractivity contribution is -0.118. The quantitative estimate of drug-likeness (QED) is 0.621. The number of rotatable bonds is 9. The van der Waals surface area contributed by atoms with Crippen molar-refractivity contribution in [2.75, 3.05) is 19.0 Å². The van der Waals surface area contributed by atoms with E-state index in [1.807, 2.05) is 6.92 Å². The second kappa shape index (κ2) is 8.97. The van der Waals surface area contributed by atoms with Crippen LogP contribution >= 0.6 is 0 Å². The third kappa shape index (κ3) is 6.26. The third-order valence-corrected chi connectivity index (χ3v) is 4.99. The highest BCUT2D eigenvalue weighted by atomic mass is 32.2. The van der Waals surface area contributed by atoms with Crippen molar-refractivity contribution in [3.8, 4) is 0 Å². The van der Waals surface area contributed by atoms with Crippen molar-refractivity contribution in [2.45, 2.75) is 43.7 Å². The van der Waals surface area contributed by atoms with Gasteiger partial charge in [-0.3, -0.25) is 4.79 Å². The fourth-order valence-electron chi connectivity index (χ4n) is 1.84. The molecule has 1 aromatic carbocycles. The number of hydrogen-bond donors (Lipinski definition) is 3. The van der Waals surface area contributed by atoms with Gasteiger partial charge in [0, 0.05) is 25.4 Å². The summed E-state index contributed by atoms with van der Waals surface area (Å²) in [5.74, 6) is -0.285. The van der Waals surface area contributed by atoms with Gasteiger partial charge in [-0.05, 0) is 31.5 Å². The molecule has 0 radical (unpaired) electrons. The van der Waals surface area contributed by atoms with Crippen molar-refractivity contribution in [2.24, 2.45) is 5.73 Å². The molecule has 0 aromatic heterocycles. The molecule has 0 spiro atoms. The Balaban J connectivity index is 2.83. The predicted octanol–water partition coefficient (Wildman–Crippen LogP) is 1.07. The first kappa shape index (κ1) is 19.6. The summed E-state index contributed by atoms with van der Waals surface area (Å²) in [6.07, 6.45) is 0.427. The topological polar surface area (TPSA) is 111 Å². The molecule has 0 aliphatic rings. The maximum absolute atomic E-state index is 12.2. The zero-order valence-corrected chi connectivity index (χ0v) is 14.5. The van der Waals surface area contributed by atoms with Gasteiger partial charge in [0.2, 0.25) is 15.9 Å². The van der Waals surface area contributed by atoms with Crippen molar-refractivity contribution in [3.63, 3.8) is 0 Å². The van der Waals surface area contributed by atoms with Crippen LogP contribution < -0.4 is 15.8 Å². The number of carbonyl (C=O) groups excluding carboxylic acids is 1. The number of ether oxygens (including phenoxy) is 1. The number of amides is 1. The molecular weight excluding hydrogens is 318 g/mol. The number of benzene rings is 1. The molecule has 0 bridgehead atoms. The minimum Gasteiger partial charge on any atom is -0.380 e. The van der Waals surface area contributed by atoms with Gasteiger partial charge in [-0.25, -0.2) is 13.1 Å². The summed E-state index contributed by atoms with van der Waals surface area (Å²) >= 11 is 0. The van der Waals surface area contributed by atoms with Gasteiger partial charge in [0.05, 0.1) is 17.4 Å². The normalized spacial score (nSPS) is 14.3. The van der Waals surface area contributed by atoms with Gasteiger partial charge >= 0.3 is 0 Å². The largest absolute Gasteiger partial charge is 0.380 e. The standard InChI is InChI=1S/C15H25N3O4S/c1-4-11(2)18-23(20,21)14-7-5-6-12(8-14)17-15(19)9-13(10-16)22-3/h5-8,11,13,18H,4,9-10,16H2,1-3H3,(H,17,19). The molecule has 0 aliphatic heterocycles. The van der Waals surface area contributed by atoms with Crippen LogP contribution in [-0.4, -0.2) is 40.1 Å². The summed E-state index contributed by atoms with van der Waals surface area (Å²) in [6, 6.07) is 5.96. The maximum atomic E-state index is 12.2. The van der Waals surface area contributed by atoms with Crippen LogP contribution in [0, 0.1) is 0 Å². The van der Waals surface area contributed by atoms with E-state index >= 15 is 0 Å². The van der Waals surface area contributed by atoms with Crippen molar-refractivity contribution in [3.05, 3.63) is 24.3 Å². The van der Waals surface area contributed by atoms with Crippen LogP contribution in [0.2, 0.25) is 0 Å². The average Bonchev–Trinajstić information content (AvgIpc) is 2.52. The SMILES string of the molecule is CCC(C)NS(=O)(=O)c1cccc(NC(=O)CC(CN)OC)c1. The fourth-order valence-corrected chi connectivity index (χ4v) is 3.21. The van der Waals surface area contributed by atoms with Crippen molar-refractivity contribution < 1.29 is 17.9 Å². The van der Waals surface area contributed by atoms with E-state index in [1.165, 1.54) is 19.2 Å². The molecule has 2 atom stereocenters. The van der Waals surface area contributed by atoms with E-state index in [1.54, 1.807) is 19.1 Å². The Labute approximate surface area is 137 Å². The van der Waals surface area contributed by atoms with Gasteiger partial charge in [-0.2, -0.15) is 0 Å². The van der Waals surface area contributed by atoms with Crippen LogP contribution in [0.5, 0.6) is 0 Å². The lowest BCUT2D eigenvalue weighted by Gasteiger charge is -2.14. The number of methoxy groups -OCH3 is 1.